The lowest BCUT2D eigenvalue weighted by Gasteiger charge is -2.19. The number of ether oxygens (including phenoxy) is 1. The van der Waals surface area contributed by atoms with Gasteiger partial charge in [-0.25, -0.2) is 15.0 Å². The third-order valence-corrected chi connectivity index (χ3v) is 4.86. The Kier molecular flexibility index (Phi) is 3.18. The lowest BCUT2D eigenvalue weighted by atomic mass is 10.2. The van der Waals surface area contributed by atoms with E-state index in [-0.39, 0.29) is 22.5 Å². The Morgan fingerprint density at radius 2 is 2.12 bits per heavy atom. The van der Waals surface area contributed by atoms with Crippen molar-refractivity contribution < 1.29 is 9.53 Å². The zero-order valence-electron chi connectivity index (χ0n) is 13.2. The standard InChI is InChI=1S/C17H14ClN5O2/c18-14-13-16(21-9-20-14)25-6-5-23(17(13)24)12-7-10-3-4-22(11-1-2-11)15(10)19-8-12/h3-4,7-9,11H,1-2,5-6H2. The van der Waals surface area contributed by atoms with Gasteiger partial charge in [0.25, 0.3) is 5.91 Å². The summed E-state index contributed by atoms with van der Waals surface area (Å²) < 4.78 is 7.76. The maximum atomic E-state index is 13.0. The molecule has 7 nitrogen and oxygen atoms in total. The molecular formula is C17H14ClN5O2. The van der Waals surface area contributed by atoms with Crippen molar-refractivity contribution in [2.75, 3.05) is 18.1 Å². The molecule has 0 saturated heterocycles. The van der Waals surface area contributed by atoms with E-state index in [1.165, 1.54) is 19.2 Å². The van der Waals surface area contributed by atoms with Crippen molar-refractivity contribution in [3.63, 3.8) is 0 Å². The molecule has 0 atom stereocenters. The summed E-state index contributed by atoms with van der Waals surface area (Å²) in [5, 5.41) is 1.11. The summed E-state index contributed by atoms with van der Waals surface area (Å²) in [5.41, 5.74) is 1.85. The van der Waals surface area contributed by atoms with Crippen LogP contribution in [0.1, 0.15) is 29.2 Å². The number of nitrogens with zero attached hydrogens (tertiary/aromatic N) is 5. The molecule has 5 rings (SSSR count). The van der Waals surface area contributed by atoms with E-state index >= 15 is 0 Å². The zero-order chi connectivity index (χ0) is 17.0. The number of pyridine rings is 1. The van der Waals surface area contributed by atoms with E-state index in [4.69, 9.17) is 16.3 Å². The average molecular weight is 356 g/mol. The van der Waals surface area contributed by atoms with Gasteiger partial charge in [0.2, 0.25) is 5.88 Å². The van der Waals surface area contributed by atoms with Gasteiger partial charge in [0.1, 0.15) is 29.3 Å². The van der Waals surface area contributed by atoms with Crippen molar-refractivity contribution in [3.8, 4) is 5.88 Å². The quantitative estimate of drug-likeness (QED) is 0.661. The third-order valence-electron chi connectivity index (χ3n) is 4.57. The van der Waals surface area contributed by atoms with Gasteiger partial charge < -0.3 is 14.2 Å². The molecule has 0 unspecified atom stereocenters. The van der Waals surface area contributed by atoms with Gasteiger partial charge in [-0.05, 0) is 25.0 Å². The summed E-state index contributed by atoms with van der Waals surface area (Å²) in [6.07, 6.45) is 7.47. The normalized spacial score (nSPS) is 17.3. The first-order valence-electron chi connectivity index (χ1n) is 8.14. The van der Waals surface area contributed by atoms with Crippen LogP contribution in [-0.4, -0.2) is 38.6 Å². The van der Waals surface area contributed by atoms with Crippen LogP contribution in [0.15, 0.2) is 30.9 Å². The number of hydrogen-bond acceptors (Lipinski definition) is 5. The first kappa shape index (κ1) is 14.7. The van der Waals surface area contributed by atoms with Crippen LogP contribution in [0.2, 0.25) is 5.15 Å². The van der Waals surface area contributed by atoms with Crippen LogP contribution in [0.3, 0.4) is 0 Å². The number of anilines is 1. The van der Waals surface area contributed by atoms with Gasteiger partial charge in [-0.3, -0.25) is 4.79 Å². The number of carbonyl (C=O) groups excluding carboxylic acids is 1. The maximum Gasteiger partial charge on any atom is 0.267 e. The van der Waals surface area contributed by atoms with E-state index in [9.17, 15) is 4.79 Å². The summed E-state index contributed by atoms with van der Waals surface area (Å²) in [4.78, 5) is 27.1. The number of fused-ring (bicyclic) bond motifs is 2. The fourth-order valence-electron chi connectivity index (χ4n) is 3.18. The summed E-state index contributed by atoms with van der Waals surface area (Å²) in [6, 6.07) is 4.57. The van der Waals surface area contributed by atoms with E-state index in [1.807, 2.05) is 12.1 Å². The molecule has 0 radical (unpaired) electrons. The summed E-state index contributed by atoms with van der Waals surface area (Å²) in [5.74, 6) is -0.0534. The smallest absolute Gasteiger partial charge is 0.267 e. The van der Waals surface area contributed by atoms with Crippen molar-refractivity contribution in [2.45, 2.75) is 18.9 Å². The Morgan fingerprint density at radius 3 is 2.96 bits per heavy atom. The van der Waals surface area contributed by atoms with Gasteiger partial charge in [-0.15, -0.1) is 0 Å². The molecule has 0 bridgehead atoms. The largest absolute Gasteiger partial charge is 0.475 e. The fourth-order valence-corrected chi connectivity index (χ4v) is 3.39. The first-order chi connectivity index (χ1) is 12.2. The third kappa shape index (κ3) is 2.34. The van der Waals surface area contributed by atoms with Gasteiger partial charge in [0, 0.05) is 17.6 Å². The highest BCUT2D eigenvalue weighted by Crippen LogP contribution is 2.38. The topological polar surface area (TPSA) is 73.1 Å². The van der Waals surface area contributed by atoms with E-state index < -0.39 is 0 Å². The molecule has 3 aromatic rings. The number of aromatic nitrogens is 4. The second-order valence-corrected chi connectivity index (χ2v) is 6.57. The molecule has 2 aliphatic rings. The predicted octanol–water partition coefficient (Wildman–Crippen LogP) is 2.85. The minimum atomic E-state index is -0.277. The molecule has 1 fully saturated rings. The first-order valence-corrected chi connectivity index (χ1v) is 8.52. The maximum absolute atomic E-state index is 13.0. The van der Waals surface area contributed by atoms with Crippen molar-refractivity contribution in [2.24, 2.45) is 0 Å². The molecule has 1 amide bonds. The number of amides is 1. The second-order valence-electron chi connectivity index (χ2n) is 6.21. The number of hydrogen-bond donors (Lipinski definition) is 0. The highest BCUT2D eigenvalue weighted by atomic mass is 35.5. The van der Waals surface area contributed by atoms with Crippen molar-refractivity contribution in [3.05, 3.63) is 41.6 Å². The van der Waals surface area contributed by atoms with Gasteiger partial charge in [0.05, 0.1) is 18.4 Å². The van der Waals surface area contributed by atoms with Crippen molar-refractivity contribution >= 4 is 34.2 Å². The fraction of sp³-hybridized carbons (Fsp3) is 0.294. The Labute approximate surface area is 148 Å². The molecule has 4 heterocycles. The van der Waals surface area contributed by atoms with Crippen molar-refractivity contribution in [1.29, 1.82) is 0 Å². The highest BCUT2D eigenvalue weighted by molar-refractivity contribution is 6.33. The second kappa shape index (κ2) is 5.42. The zero-order valence-corrected chi connectivity index (χ0v) is 14.0. The van der Waals surface area contributed by atoms with Crippen LogP contribution in [0.25, 0.3) is 11.0 Å². The number of rotatable bonds is 2. The van der Waals surface area contributed by atoms with Crippen LogP contribution >= 0.6 is 11.6 Å². The summed E-state index contributed by atoms with van der Waals surface area (Å²) in [6.45, 7) is 0.718. The molecule has 0 spiro atoms. The van der Waals surface area contributed by atoms with Crippen LogP contribution in [0.5, 0.6) is 5.88 Å². The molecule has 1 aliphatic heterocycles. The van der Waals surface area contributed by atoms with Crippen molar-refractivity contribution in [1.82, 2.24) is 19.5 Å². The van der Waals surface area contributed by atoms with Gasteiger partial charge in [-0.1, -0.05) is 11.6 Å². The van der Waals surface area contributed by atoms with E-state index in [1.54, 1.807) is 11.1 Å². The molecular weight excluding hydrogens is 342 g/mol. The van der Waals surface area contributed by atoms with Crippen LogP contribution in [0.4, 0.5) is 5.69 Å². The van der Waals surface area contributed by atoms with Gasteiger partial charge in [0.15, 0.2) is 0 Å². The highest BCUT2D eigenvalue weighted by Gasteiger charge is 2.30. The Bertz CT molecular complexity index is 998. The molecule has 0 N–H and O–H groups in total. The minimum Gasteiger partial charge on any atom is -0.475 e. The van der Waals surface area contributed by atoms with Gasteiger partial charge >= 0.3 is 0 Å². The number of carbonyl (C=O) groups is 1. The molecule has 0 aromatic carbocycles. The molecule has 126 valence electrons. The molecule has 25 heavy (non-hydrogen) atoms. The molecule has 1 aliphatic carbocycles. The average Bonchev–Trinajstić information content (AvgIpc) is 3.39. The SMILES string of the molecule is O=C1c2c(Cl)ncnc2OCCN1c1cnc2c(ccn2C2CC2)c1. The van der Waals surface area contributed by atoms with Crippen LogP contribution < -0.4 is 9.64 Å². The molecule has 1 saturated carbocycles. The summed E-state index contributed by atoms with van der Waals surface area (Å²) in [7, 11) is 0. The number of halogens is 1. The Balaban J connectivity index is 1.57. The van der Waals surface area contributed by atoms with Crippen LogP contribution in [-0.2, 0) is 0 Å². The van der Waals surface area contributed by atoms with Gasteiger partial charge in [-0.2, -0.15) is 0 Å². The Hall–Kier alpha value is -2.67. The summed E-state index contributed by atoms with van der Waals surface area (Å²) >= 11 is 6.10. The minimum absolute atomic E-state index is 0.0934. The predicted molar refractivity (Wildman–Crippen MR) is 92.2 cm³/mol. The van der Waals surface area contributed by atoms with Crippen LogP contribution in [0, 0.1) is 0 Å². The van der Waals surface area contributed by atoms with E-state index in [0.29, 0.717) is 24.9 Å². The molecule has 3 aromatic heterocycles. The van der Waals surface area contributed by atoms with E-state index in [0.717, 1.165) is 11.0 Å². The Morgan fingerprint density at radius 1 is 1.24 bits per heavy atom. The van der Waals surface area contributed by atoms with E-state index in [2.05, 4.69) is 25.7 Å². The lowest BCUT2D eigenvalue weighted by molar-refractivity contribution is 0.0989. The lowest BCUT2D eigenvalue weighted by Crippen LogP contribution is -2.32. The molecule has 8 heteroatoms. The monoisotopic (exact) mass is 355 g/mol.